The summed E-state index contributed by atoms with van der Waals surface area (Å²) in [7, 11) is 1.68. The Morgan fingerprint density at radius 1 is 1.40 bits per heavy atom. The van der Waals surface area contributed by atoms with E-state index in [2.05, 4.69) is 28.7 Å². The van der Waals surface area contributed by atoms with Crippen molar-refractivity contribution in [1.29, 1.82) is 0 Å². The molecule has 0 radical (unpaired) electrons. The van der Waals surface area contributed by atoms with E-state index in [0.717, 1.165) is 17.7 Å². The lowest BCUT2D eigenvalue weighted by molar-refractivity contribution is -0.0403. The van der Waals surface area contributed by atoms with E-state index in [4.69, 9.17) is 14.2 Å². The summed E-state index contributed by atoms with van der Waals surface area (Å²) in [6.07, 6.45) is 0.636. The molecular formula is C11H13IO3. The quantitative estimate of drug-likeness (QED) is 0.800. The molecule has 1 heterocycles. The highest BCUT2D eigenvalue weighted by Gasteiger charge is 2.18. The van der Waals surface area contributed by atoms with Gasteiger partial charge in [0, 0.05) is 15.6 Å². The fourth-order valence-corrected chi connectivity index (χ4v) is 2.17. The highest BCUT2D eigenvalue weighted by Crippen LogP contribution is 2.24. The minimum atomic E-state index is -0.114. The molecule has 1 aromatic carbocycles. The van der Waals surface area contributed by atoms with E-state index in [1.165, 1.54) is 3.57 Å². The Morgan fingerprint density at radius 2 is 2.13 bits per heavy atom. The van der Waals surface area contributed by atoms with Gasteiger partial charge in [-0.05, 0) is 40.8 Å². The average Bonchev–Trinajstić information content (AvgIpc) is 2.71. The van der Waals surface area contributed by atoms with Crippen LogP contribution < -0.4 is 4.74 Å². The van der Waals surface area contributed by atoms with Crippen molar-refractivity contribution in [3.8, 4) is 5.75 Å². The number of benzene rings is 1. The normalized spacial score (nSPS) is 16.9. The van der Waals surface area contributed by atoms with Crippen molar-refractivity contribution in [1.82, 2.24) is 0 Å². The standard InChI is InChI=1S/C11H13IO3/c1-13-10-3-2-9(12)6-8(10)7-11-14-4-5-15-11/h2-3,6,11H,4-5,7H2,1H3. The maximum atomic E-state index is 5.42. The summed E-state index contributed by atoms with van der Waals surface area (Å²) in [6, 6.07) is 6.11. The van der Waals surface area contributed by atoms with Crippen molar-refractivity contribution in [3.05, 3.63) is 27.3 Å². The second kappa shape index (κ2) is 5.14. The number of methoxy groups -OCH3 is 1. The molecule has 0 saturated carbocycles. The summed E-state index contributed by atoms with van der Waals surface area (Å²) in [5.74, 6) is 0.898. The molecule has 0 aromatic heterocycles. The number of rotatable bonds is 3. The zero-order valence-corrected chi connectivity index (χ0v) is 10.7. The van der Waals surface area contributed by atoms with E-state index >= 15 is 0 Å². The van der Waals surface area contributed by atoms with E-state index in [1.54, 1.807) is 7.11 Å². The van der Waals surface area contributed by atoms with Crippen molar-refractivity contribution < 1.29 is 14.2 Å². The molecule has 1 saturated heterocycles. The van der Waals surface area contributed by atoms with Gasteiger partial charge >= 0.3 is 0 Å². The van der Waals surface area contributed by atoms with Crippen molar-refractivity contribution in [2.75, 3.05) is 20.3 Å². The van der Waals surface area contributed by atoms with Crippen LogP contribution in [0, 0.1) is 3.57 Å². The Morgan fingerprint density at radius 3 is 2.80 bits per heavy atom. The van der Waals surface area contributed by atoms with Crippen LogP contribution in [0.5, 0.6) is 5.75 Å². The summed E-state index contributed by atoms with van der Waals surface area (Å²) >= 11 is 2.29. The van der Waals surface area contributed by atoms with Gasteiger partial charge in [-0.25, -0.2) is 0 Å². The first-order valence-corrected chi connectivity index (χ1v) is 5.93. The summed E-state index contributed by atoms with van der Waals surface area (Å²) in [4.78, 5) is 0. The molecule has 0 bridgehead atoms. The minimum Gasteiger partial charge on any atom is -0.496 e. The number of hydrogen-bond donors (Lipinski definition) is 0. The van der Waals surface area contributed by atoms with Crippen molar-refractivity contribution >= 4 is 22.6 Å². The topological polar surface area (TPSA) is 27.7 Å². The van der Waals surface area contributed by atoms with E-state index in [1.807, 2.05) is 12.1 Å². The smallest absolute Gasteiger partial charge is 0.161 e. The van der Waals surface area contributed by atoms with Crippen LogP contribution in [-0.2, 0) is 15.9 Å². The zero-order chi connectivity index (χ0) is 10.7. The first-order chi connectivity index (χ1) is 7.29. The Labute approximate surface area is 103 Å². The zero-order valence-electron chi connectivity index (χ0n) is 8.53. The van der Waals surface area contributed by atoms with Gasteiger partial charge in [0.2, 0.25) is 0 Å². The van der Waals surface area contributed by atoms with Gasteiger partial charge in [0.15, 0.2) is 6.29 Å². The van der Waals surface area contributed by atoms with Gasteiger partial charge in [0.1, 0.15) is 5.75 Å². The van der Waals surface area contributed by atoms with Crippen LogP contribution in [0.1, 0.15) is 5.56 Å². The lowest BCUT2D eigenvalue weighted by Gasteiger charge is -2.12. The van der Waals surface area contributed by atoms with Crippen LogP contribution in [0.4, 0.5) is 0 Å². The van der Waals surface area contributed by atoms with Gasteiger partial charge in [-0.3, -0.25) is 0 Å². The molecule has 0 amide bonds. The second-order valence-electron chi connectivity index (χ2n) is 3.33. The van der Waals surface area contributed by atoms with Crippen molar-refractivity contribution in [2.45, 2.75) is 12.7 Å². The lowest BCUT2D eigenvalue weighted by atomic mass is 10.1. The maximum Gasteiger partial charge on any atom is 0.161 e. The monoisotopic (exact) mass is 320 g/mol. The van der Waals surface area contributed by atoms with Crippen LogP contribution in [0.25, 0.3) is 0 Å². The molecule has 3 nitrogen and oxygen atoms in total. The highest BCUT2D eigenvalue weighted by atomic mass is 127. The number of halogens is 1. The predicted molar refractivity (Wildman–Crippen MR) is 65.1 cm³/mol. The summed E-state index contributed by atoms with van der Waals surface area (Å²) in [5.41, 5.74) is 1.14. The molecule has 1 aromatic rings. The minimum absolute atomic E-state index is 0.114. The van der Waals surface area contributed by atoms with E-state index in [-0.39, 0.29) is 6.29 Å². The molecule has 0 unspecified atom stereocenters. The van der Waals surface area contributed by atoms with Crippen LogP contribution in [-0.4, -0.2) is 26.6 Å². The van der Waals surface area contributed by atoms with E-state index in [0.29, 0.717) is 13.2 Å². The highest BCUT2D eigenvalue weighted by molar-refractivity contribution is 14.1. The Balaban J connectivity index is 2.14. The molecule has 1 aliphatic heterocycles. The Bertz CT molecular complexity index is 335. The van der Waals surface area contributed by atoms with E-state index in [9.17, 15) is 0 Å². The molecular weight excluding hydrogens is 307 g/mol. The fourth-order valence-electron chi connectivity index (χ4n) is 1.61. The predicted octanol–water partition coefficient (Wildman–Crippen LogP) is 2.22. The van der Waals surface area contributed by atoms with Gasteiger partial charge in [-0.2, -0.15) is 0 Å². The third-order valence-corrected chi connectivity index (χ3v) is 2.99. The first-order valence-electron chi connectivity index (χ1n) is 4.85. The SMILES string of the molecule is COc1ccc(I)cc1CC1OCCO1. The third-order valence-electron chi connectivity index (χ3n) is 2.32. The molecule has 0 N–H and O–H groups in total. The molecule has 15 heavy (non-hydrogen) atoms. The van der Waals surface area contributed by atoms with Crippen LogP contribution in [0.3, 0.4) is 0 Å². The van der Waals surface area contributed by atoms with Crippen LogP contribution in [0.2, 0.25) is 0 Å². The van der Waals surface area contributed by atoms with Gasteiger partial charge < -0.3 is 14.2 Å². The second-order valence-corrected chi connectivity index (χ2v) is 4.58. The molecule has 0 atom stereocenters. The molecule has 0 aliphatic carbocycles. The van der Waals surface area contributed by atoms with Gasteiger partial charge in [0.25, 0.3) is 0 Å². The van der Waals surface area contributed by atoms with Crippen LogP contribution >= 0.6 is 22.6 Å². The third kappa shape index (κ3) is 2.83. The van der Waals surface area contributed by atoms with Gasteiger partial charge in [0.05, 0.1) is 20.3 Å². The molecule has 0 spiro atoms. The largest absolute Gasteiger partial charge is 0.496 e. The summed E-state index contributed by atoms with van der Waals surface area (Å²) in [5, 5.41) is 0. The molecule has 1 fully saturated rings. The maximum absolute atomic E-state index is 5.42. The summed E-state index contributed by atoms with van der Waals surface area (Å²) in [6.45, 7) is 1.38. The average molecular weight is 320 g/mol. The lowest BCUT2D eigenvalue weighted by Crippen LogP contribution is -2.12. The Hall–Kier alpha value is -0.330. The molecule has 4 heteroatoms. The molecule has 1 aliphatic rings. The number of hydrogen-bond acceptors (Lipinski definition) is 3. The number of ether oxygens (including phenoxy) is 3. The summed E-state index contributed by atoms with van der Waals surface area (Å²) < 4.78 is 17.3. The van der Waals surface area contributed by atoms with Gasteiger partial charge in [-0.15, -0.1) is 0 Å². The molecule has 82 valence electrons. The van der Waals surface area contributed by atoms with Gasteiger partial charge in [-0.1, -0.05) is 0 Å². The van der Waals surface area contributed by atoms with Crippen LogP contribution in [0.15, 0.2) is 18.2 Å². The fraction of sp³-hybridized carbons (Fsp3) is 0.455. The van der Waals surface area contributed by atoms with Crippen molar-refractivity contribution in [3.63, 3.8) is 0 Å². The van der Waals surface area contributed by atoms with E-state index < -0.39 is 0 Å². The van der Waals surface area contributed by atoms with Crippen molar-refractivity contribution in [2.24, 2.45) is 0 Å². The molecule has 2 rings (SSSR count). The Kier molecular flexibility index (Phi) is 3.82. The first kappa shape index (κ1) is 11.2.